The summed E-state index contributed by atoms with van der Waals surface area (Å²) < 4.78 is 11.4. The van der Waals surface area contributed by atoms with Crippen LogP contribution >= 0.6 is 0 Å². The molecule has 1 aromatic carbocycles. The zero-order valence-electron chi connectivity index (χ0n) is 12.3. The van der Waals surface area contributed by atoms with Crippen molar-refractivity contribution in [1.29, 1.82) is 0 Å². The van der Waals surface area contributed by atoms with Gasteiger partial charge >= 0.3 is 0 Å². The van der Waals surface area contributed by atoms with E-state index in [1.807, 2.05) is 6.92 Å². The molecule has 2 rings (SSSR count). The number of hydrogen-bond acceptors (Lipinski definition) is 2. The zero-order valence-corrected chi connectivity index (χ0v) is 13.2. The molecule has 0 bridgehead atoms. The summed E-state index contributed by atoms with van der Waals surface area (Å²) in [4.78, 5) is 0. The van der Waals surface area contributed by atoms with Crippen molar-refractivity contribution in [2.45, 2.75) is 44.4 Å². The third kappa shape index (κ3) is 3.09. The van der Waals surface area contributed by atoms with Crippen molar-refractivity contribution in [3.63, 3.8) is 0 Å². The molecule has 0 amide bonds. The Bertz CT molecular complexity index is 443. The van der Waals surface area contributed by atoms with Gasteiger partial charge in [-0.2, -0.15) is 0 Å². The Morgan fingerprint density at radius 2 is 2.00 bits per heavy atom. The van der Waals surface area contributed by atoms with Crippen LogP contribution in [0.1, 0.15) is 38.7 Å². The molecule has 2 nitrogen and oxygen atoms in total. The fourth-order valence-corrected chi connectivity index (χ4v) is 3.28. The lowest BCUT2D eigenvalue weighted by Gasteiger charge is -2.53. The highest BCUT2D eigenvalue weighted by atomic mass is 32.2. The van der Waals surface area contributed by atoms with E-state index in [-0.39, 0.29) is 10.7 Å². The summed E-state index contributed by atoms with van der Waals surface area (Å²) in [6.45, 7) is 7.56. The van der Waals surface area contributed by atoms with Crippen LogP contribution in [0.15, 0.2) is 30.3 Å². The van der Waals surface area contributed by atoms with Crippen molar-refractivity contribution >= 4 is 10.8 Å². The molecule has 1 N–H and O–H groups in total. The Morgan fingerprint density at radius 1 is 1.37 bits per heavy atom. The van der Waals surface area contributed by atoms with E-state index < -0.39 is 10.8 Å². The molecule has 1 fully saturated rings. The summed E-state index contributed by atoms with van der Waals surface area (Å²) in [6.07, 6.45) is 2.96. The van der Waals surface area contributed by atoms with E-state index in [4.69, 9.17) is 0 Å². The minimum Gasteiger partial charge on any atom is -0.312 e. The van der Waals surface area contributed by atoms with Gasteiger partial charge in [-0.15, -0.1) is 0 Å². The van der Waals surface area contributed by atoms with E-state index in [1.54, 1.807) is 6.26 Å². The molecule has 0 spiro atoms. The molecule has 106 valence electrons. The maximum absolute atomic E-state index is 11.4. The first-order valence-corrected chi connectivity index (χ1v) is 8.65. The second-order valence-corrected chi connectivity index (χ2v) is 8.09. The van der Waals surface area contributed by atoms with Crippen LogP contribution in [-0.4, -0.2) is 28.3 Å². The Hall–Kier alpha value is -0.670. The van der Waals surface area contributed by atoms with Crippen LogP contribution in [0, 0.1) is 5.41 Å². The van der Waals surface area contributed by atoms with Gasteiger partial charge in [0.15, 0.2) is 0 Å². The topological polar surface area (TPSA) is 29.1 Å². The van der Waals surface area contributed by atoms with Crippen LogP contribution < -0.4 is 5.32 Å². The summed E-state index contributed by atoms with van der Waals surface area (Å²) in [7, 11) is -0.737. The number of nitrogens with one attached hydrogen (secondary N) is 1. The van der Waals surface area contributed by atoms with Crippen molar-refractivity contribution in [3.8, 4) is 0 Å². The van der Waals surface area contributed by atoms with Crippen molar-refractivity contribution in [2.24, 2.45) is 5.41 Å². The summed E-state index contributed by atoms with van der Waals surface area (Å²) in [6, 6.07) is 11.3. The predicted molar refractivity (Wildman–Crippen MR) is 82.9 cm³/mol. The summed E-state index contributed by atoms with van der Waals surface area (Å²) in [5.41, 5.74) is 1.72. The average Bonchev–Trinajstić information content (AvgIpc) is 2.38. The van der Waals surface area contributed by atoms with Gasteiger partial charge in [-0.1, -0.05) is 44.2 Å². The van der Waals surface area contributed by atoms with Crippen molar-refractivity contribution < 1.29 is 4.21 Å². The third-order valence-corrected chi connectivity index (χ3v) is 5.99. The highest BCUT2D eigenvalue weighted by Gasteiger charge is 2.48. The van der Waals surface area contributed by atoms with Crippen LogP contribution in [0.4, 0.5) is 0 Å². The van der Waals surface area contributed by atoms with Crippen LogP contribution in [-0.2, 0) is 10.8 Å². The van der Waals surface area contributed by atoms with E-state index in [0.717, 1.165) is 6.54 Å². The SMILES string of the molecule is C[C@H](CN[C@@H]1C[C@@H](c2ccccc2)C1(C)C)[S@](C)=O. The molecular weight excluding hydrogens is 254 g/mol. The van der Waals surface area contributed by atoms with Crippen LogP contribution in [0.5, 0.6) is 0 Å². The Balaban J connectivity index is 1.93. The predicted octanol–water partition coefficient (Wildman–Crippen LogP) is 2.93. The molecule has 0 aromatic heterocycles. The molecule has 19 heavy (non-hydrogen) atoms. The smallest absolute Gasteiger partial charge is 0.0441 e. The van der Waals surface area contributed by atoms with Gasteiger partial charge in [0.1, 0.15) is 0 Å². The van der Waals surface area contributed by atoms with Crippen molar-refractivity contribution in [3.05, 3.63) is 35.9 Å². The van der Waals surface area contributed by atoms with Crippen molar-refractivity contribution in [2.75, 3.05) is 12.8 Å². The van der Waals surface area contributed by atoms with Crippen molar-refractivity contribution in [1.82, 2.24) is 5.32 Å². The van der Waals surface area contributed by atoms with E-state index in [2.05, 4.69) is 49.5 Å². The summed E-state index contributed by atoms with van der Waals surface area (Å²) >= 11 is 0. The molecule has 0 radical (unpaired) electrons. The maximum Gasteiger partial charge on any atom is 0.0441 e. The van der Waals surface area contributed by atoms with Gasteiger partial charge in [-0.25, -0.2) is 0 Å². The summed E-state index contributed by atoms with van der Waals surface area (Å²) in [5, 5.41) is 3.83. The Labute approximate surface area is 119 Å². The average molecular weight is 279 g/mol. The molecule has 0 unspecified atom stereocenters. The monoisotopic (exact) mass is 279 g/mol. The second-order valence-electron chi connectivity index (χ2n) is 6.29. The van der Waals surface area contributed by atoms with E-state index in [1.165, 1.54) is 12.0 Å². The van der Waals surface area contributed by atoms with Gasteiger partial charge in [0.25, 0.3) is 0 Å². The zero-order chi connectivity index (χ0) is 14.0. The molecule has 0 aliphatic heterocycles. The van der Waals surface area contributed by atoms with Gasteiger partial charge < -0.3 is 5.32 Å². The van der Waals surface area contributed by atoms with Crippen LogP contribution in [0.2, 0.25) is 0 Å². The third-order valence-electron chi connectivity index (χ3n) is 4.69. The van der Waals surface area contributed by atoms with Crippen LogP contribution in [0.3, 0.4) is 0 Å². The largest absolute Gasteiger partial charge is 0.312 e. The van der Waals surface area contributed by atoms with Gasteiger partial charge in [-0.3, -0.25) is 4.21 Å². The van der Waals surface area contributed by atoms with Gasteiger partial charge in [0.2, 0.25) is 0 Å². The maximum atomic E-state index is 11.4. The lowest BCUT2D eigenvalue weighted by molar-refractivity contribution is 0.0697. The fraction of sp³-hybridized carbons (Fsp3) is 0.625. The first-order chi connectivity index (χ1) is 8.93. The summed E-state index contributed by atoms with van der Waals surface area (Å²) in [5.74, 6) is 0.633. The van der Waals surface area contributed by atoms with Gasteiger partial charge in [-0.05, 0) is 30.2 Å². The van der Waals surface area contributed by atoms with Gasteiger partial charge in [0, 0.05) is 34.9 Å². The second kappa shape index (κ2) is 5.76. The fourth-order valence-electron chi connectivity index (χ4n) is 2.95. The van der Waals surface area contributed by atoms with E-state index in [9.17, 15) is 4.21 Å². The Kier molecular flexibility index (Phi) is 4.46. The van der Waals surface area contributed by atoms with E-state index >= 15 is 0 Å². The number of hydrogen-bond donors (Lipinski definition) is 1. The molecule has 1 aliphatic carbocycles. The highest BCUT2D eigenvalue weighted by molar-refractivity contribution is 7.84. The lowest BCUT2D eigenvalue weighted by Crippen LogP contribution is -2.56. The Morgan fingerprint density at radius 3 is 2.53 bits per heavy atom. The molecule has 4 atom stereocenters. The molecule has 3 heteroatoms. The normalized spacial score (nSPS) is 28.4. The number of benzene rings is 1. The molecule has 0 saturated heterocycles. The first kappa shape index (κ1) is 14.7. The van der Waals surface area contributed by atoms with Gasteiger partial charge in [0.05, 0.1) is 0 Å². The quantitative estimate of drug-likeness (QED) is 0.898. The van der Waals surface area contributed by atoms with E-state index in [0.29, 0.717) is 12.0 Å². The lowest BCUT2D eigenvalue weighted by atomic mass is 9.56. The molecular formula is C16H25NOS. The number of rotatable bonds is 5. The minimum absolute atomic E-state index is 0.228. The molecule has 1 aliphatic rings. The minimum atomic E-state index is -0.737. The first-order valence-electron chi connectivity index (χ1n) is 7.03. The standard InChI is InChI=1S/C16H25NOS/c1-12(19(4)18)11-17-15-10-14(16(15,2)3)13-8-6-5-7-9-13/h5-9,12,14-15,17H,10-11H2,1-4H3/t12-,14+,15-,19+/m1/s1. The van der Waals surface area contributed by atoms with Crippen LogP contribution in [0.25, 0.3) is 0 Å². The molecule has 1 saturated carbocycles. The molecule has 0 heterocycles. The highest BCUT2D eigenvalue weighted by Crippen LogP contribution is 2.52. The molecule has 1 aromatic rings.